The molecule has 0 saturated heterocycles. The molecule has 1 aliphatic heterocycles. The Labute approximate surface area is 82.9 Å². The Bertz CT molecular complexity index is 362. The Morgan fingerprint density at radius 1 is 1.50 bits per heavy atom. The standard InChI is InChI=1S/C11H14FNO/c1-11(2)6-9(13)7-4-3-5-8(12)10(7)14-11/h3-5,9H,6,13H2,1-2H3/t9-/m0/s1. The van der Waals surface area contributed by atoms with Crippen molar-refractivity contribution in [1.29, 1.82) is 0 Å². The summed E-state index contributed by atoms with van der Waals surface area (Å²) < 4.78 is 19.0. The molecule has 1 heterocycles. The number of ether oxygens (including phenoxy) is 1. The van der Waals surface area contributed by atoms with Crippen LogP contribution in [-0.2, 0) is 0 Å². The molecule has 0 radical (unpaired) electrons. The number of hydrogen-bond donors (Lipinski definition) is 1. The third-order valence-corrected chi connectivity index (χ3v) is 2.49. The van der Waals surface area contributed by atoms with Gasteiger partial charge >= 0.3 is 0 Å². The molecule has 0 amide bonds. The summed E-state index contributed by atoms with van der Waals surface area (Å²) in [5, 5.41) is 0. The van der Waals surface area contributed by atoms with E-state index in [0.717, 1.165) is 5.56 Å². The number of hydrogen-bond acceptors (Lipinski definition) is 2. The van der Waals surface area contributed by atoms with Crippen LogP contribution in [0.5, 0.6) is 5.75 Å². The second-order valence-electron chi connectivity index (χ2n) is 4.33. The zero-order valence-electron chi connectivity index (χ0n) is 8.38. The van der Waals surface area contributed by atoms with E-state index in [1.54, 1.807) is 6.07 Å². The third kappa shape index (κ3) is 1.48. The van der Waals surface area contributed by atoms with Crippen molar-refractivity contribution in [2.45, 2.75) is 31.9 Å². The molecule has 0 fully saturated rings. The van der Waals surface area contributed by atoms with E-state index in [1.807, 2.05) is 19.9 Å². The van der Waals surface area contributed by atoms with E-state index in [1.165, 1.54) is 6.07 Å². The number of nitrogens with two attached hydrogens (primary N) is 1. The number of benzene rings is 1. The average Bonchev–Trinajstić information content (AvgIpc) is 2.05. The van der Waals surface area contributed by atoms with Gasteiger partial charge in [-0.2, -0.15) is 0 Å². The zero-order valence-corrected chi connectivity index (χ0v) is 8.38. The molecule has 1 atom stereocenters. The Kier molecular flexibility index (Phi) is 2.00. The fourth-order valence-electron chi connectivity index (χ4n) is 1.88. The molecule has 2 N–H and O–H groups in total. The highest BCUT2D eigenvalue weighted by Crippen LogP contribution is 2.39. The van der Waals surface area contributed by atoms with E-state index in [0.29, 0.717) is 12.2 Å². The fourth-order valence-corrected chi connectivity index (χ4v) is 1.88. The first kappa shape index (κ1) is 9.46. The molecule has 0 bridgehead atoms. The maximum atomic E-state index is 13.4. The van der Waals surface area contributed by atoms with Crippen LogP contribution in [0.1, 0.15) is 31.9 Å². The number of halogens is 1. The van der Waals surface area contributed by atoms with Crippen molar-refractivity contribution in [1.82, 2.24) is 0 Å². The first-order chi connectivity index (χ1) is 6.49. The van der Waals surface area contributed by atoms with E-state index in [9.17, 15) is 4.39 Å². The minimum absolute atomic E-state index is 0.135. The van der Waals surface area contributed by atoms with Gasteiger partial charge in [-0.05, 0) is 19.9 Å². The average molecular weight is 195 g/mol. The molecule has 1 aromatic carbocycles. The lowest BCUT2D eigenvalue weighted by Gasteiger charge is -2.36. The summed E-state index contributed by atoms with van der Waals surface area (Å²) in [6.07, 6.45) is 0.712. The number of para-hydroxylation sites is 1. The Hall–Kier alpha value is -1.09. The molecule has 2 nitrogen and oxygen atoms in total. The topological polar surface area (TPSA) is 35.2 Å². The van der Waals surface area contributed by atoms with E-state index >= 15 is 0 Å². The van der Waals surface area contributed by atoms with Gasteiger partial charge in [0.05, 0.1) is 0 Å². The van der Waals surface area contributed by atoms with Crippen LogP contribution in [0.4, 0.5) is 4.39 Å². The highest BCUT2D eigenvalue weighted by atomic mass is 19.1. The Morgan fingerprint density at radius 2 is 2.21 bits per heavy atom. The van der Waals surface area contributed by atoms with Gasteiger partial charge in [-0.15, -0.1) is 0 Å². The van der Waals surface area contributed by atoms with Crippen LogP contribution in [0.15, 0.2) is 18.2 Å². The number of fused-ring (bicyclic) bond motifs is 1. The molecule has 2 rings (SSSR count). The van der Waals surface area contributed by atoms with Gasteiger partial charge in [-0.3, -0.25) is 0 Å². The van der Waals surface area contributed by atoms with Gasteiger partial charge in [0, 0.05) is 18.0 Å². The maximum absolute atomic E-state index is 13.4. The van der Waals surface area contributed by atoms with Crippen molar-refractivity contribution in [2.24, 2.45) is 5.73 Å². The third-order valence-electron chi connectivity index (χ3n) is 2.49. The van der Waals surface area contributed by atoms with Crippen LogP contribution in [0.3, 0.4) is 0 Å². The van der Waals surface area contributed by atoms with Crippen LogP contribution in [0.2, 0.25) is 0 Å². The molecule has 0 aliphatic carbocycles. The normalized spacial score (nSPS) is 23.9. The van der Waals surface area contributed by atoms with Crippen molar-refractivity contribution in [3.8, 4) is 5.75 Å². The highest BCUT2D eigenvalue weighted by Gasteiger charge is 2.33. The van der Waals surface area contributed by atoms with E-state index < -0.39 is 0 Å². The predicted molar refractivity (Wildman–Crippen MR) is 52.7 cm³/mol. The molecular weight excluding hydrogens is 181 g/mol. The molecule has 1 aromatic rings. The van der Waals surface area contributed by atoms with Gasteiger partial charge in [0.15, 0.2) is 11.6 Å². The smallest absolute Gasteiger partial charge is 0.165 e. The predicted octanol–water partition coefficient (Wildman–Crippen LogP) is 2.39. The summed E-state index contributed by atoms with van der Waals surface area (Å²) in [7, 11) is 0. The minimum atomic E-state index is -0.380. The van der Waals surface area contributed by atoms with Crippen molar-refractivity contribution < 1.29 is 9.13 Å². The largest absolute Gasteiger partial charge is 0.484 e. The van der Waals surface area contributed by atoms with Gasteiger partial charge in [0.25, 0.3) is 0 Å². The summed E-state index contributed by atoms with van der Waals surface area (Å²) in [6.45, 7) is 3.84. The second-order valence-corrected chi connectivity index (χ2v) is 4.33. The summed E-state index contributed by atoms with van der Waals surface area (Å²) in [5.74, 6) is -0.0121. The van der Waals surface area contributed by atoms with Crippen LogP contribution in [-0.4, -0.2) is 5.60 Å². The molecule has 76 valence electrons. The van der Waals surface area contributed by atoms with Crippen molar-refractivity contribution in [3.05, 3.63) is 29.6 Å². The summed E-state index contributed by atoms with van der Waals surface area (Å²) in [6, 6.07) is 4.74. The zero-order chi connectivity index (χ0) is 10.3. The van der Waals surface area contributed by atoms with E-state index in [2.05, 4.69) is 0 Å². The summed E-state index contributed by atoms with van der Waals surface area (Å²) in [5.41, 5.74) is 6.33. The number of rotatable bonds is 0. The molecule has 0 spiro atoms. The first-order valence-corrected chi connectivity index (χ1v) is 4.73. The molecule has 0 unspecified atom stereocenters. The fraction of sp³-hybridized carbons (Fsp3) is 0.455. The van der Waals surface area contributed by atoms with Crippen molar-refractivity contribution in [2.75, 3.05) is 0 Å². The molecular formula is C11H14FNO. The molecule has 14 heavy (non-hydrogen) atoms. The van der Waals surface area contributed by atoms with Gasteiger partial charge in [-0.1, -0.05) is 12.1 Å². The van der Waals surface area contributed by atoms with Crippen LogP contribution >= 0.6 is 0 Å². The first-order valence-electron chi connectivity index (χ1n) is 4.73. The lowest BCUT2D eigenvalue weighted by molar-refractivity contribution is 0.0674. The Morgan fingerprint density at radius 3 is 2.93 bits per heavy atom. The van der Waals surface area contributed by atoms with Crippen LogP contribution in [0, 0.1) is 5.82 Å². The van der Waals surface area contributed by atoms with Gasteiger partial charge in [0.1, 0.15) is 5.60 Å². The molecule has 1 aliphatic rings. The summed E-state index contributed by atoms with van der Waals surface area (Å²) in [4.78, 5) is 0. The van der Waals surface area contributed by atoms with Crippen LogP contribution in [0.25, 0.3) is 0 Å². The van der Waals surface area contributed by atoms with Gasteiger partial charge in [0.2, 0.25) is 0 Å². The maximum Gasteiger partial charge on any atom is 0.165 e. The monoisotopic (exact) mass is 195 g/mol. The minimum Gasteiger partial charge on any atom is -0.484 e. The molecule has 0 saturated carbocycles. The van der Waals surface area contributed by atoms with E-state index in [-0.39, 0.29) is 17.5 Å². The highest BCUT2D eigenvalue weighted by molar-refractivity contribution is 5.39. The quantitative estimate of drug-likeness (QED) is 0.689. The summed E-state index contributed by atoms with van der Waals surface area (Å²) >= 11 is 0. The molecule has 3 heteroatoms. The lowest BCUT2D eigenvalue weighted by Crippen LogP contribution is -2.37. The lowest BCUT2D eigenvalue weighted by atomic mass is 9.90. The second kappa shape index (κ2) is 2.95. The van der Waals surface area contributed by atoms with Gasteiger partial charge < -0.3 is 10.5 Å². The van der Waals surface area contributed by atoms with Crippen molar-refractivity contribution >= 4 is 0 Å². The Balaban J connectivity index is 2.51. The van der Waals surface area contributed by atoms with E-state index in [4.69, 9.17) is 10.5 Å². The van der Waals surface area contributed by atoms with Gasteiger partial charge in [-0.25, -0.2) is 4.39 Å². The van der Waals surface area contributed by atoms with Crippen molar-refractivity contribution in [3.63, 3.8) is 0 Å². The van der Waals surface area contributed by atoms with Crippen LogP contribution < -0.4 is 10.5 Å². The molecule has 0 aromatic heterocycles. The SMILES string of the molecule is CC1(C)C[C@H](N)c2cccc(F)c2O1.